The number of aromatic nitrogens is 6. The first-order valence-corrected chi connectivity index (χ1v) is 16.4. The first-order chi connectivity index (χ1) is 21.8. The second kappa shape index (κ2) is 16.7. The lowest BCUT2D eigenvalue weighted by Crippen LogP contribution is -2.23. The van der Waals surface area contributed by atoms with Crippen molar-refractivity contribution in [2.75, 3.05) is 0 Å². The lowest BCUT2D eigenvalue weighted by Gasteiger charge is -2.11. The number of nitrogens with two attached hydrogens (primary N) is 1. The van der Waals surface area contributed by atoms with Crippen LogP contribution in [0.5, 0.6) is 0 Å². The van der Waals surface area contributed by atoms with Crippen molar-refractivity contribution in [2.45, 2.75) is 92.3 Å². The third-order valence-corrected chi connectivity index (χ3v) is 8.25. The van der Waals surface area contributed by atoms with Crippen molar-refractivity contribution in [2.24, 2.45) is 11.7 Å². The molecule has 238 valence electrons. The van der Waals surface area contributed by atoms with Gasteiger partial charge in [-0.1, -0.05) is 92.3 Å². The fourth-order valence-electron chi connectivity index (χ4n) is 5.51. The smallest absolute Gasteiger partial charge is 0.137 e. The van der Waals surface area contributed by atoms with Gasteiger partial charge >= 0.3 is 0 Å². The Hall–Kier alpha value is -4.23. The number of nitrogens with zero attached hydrogens (tertiary/aromatic N) is 5. The highest BCUT2D eigenvalue weighted by atomic mass is 15.3. The average molecular weight is 606 g/mol. The van der Waals surface area contributed by atoms with Gasteiger partial charge in [0, 0.05) is 42.3 Å². The van der Waals surface area contributed by atoms with Crippen molar-refractivity contribution >= 4 is 12.7 Å². The molecule has 0 spiro atoms. The number of hydrogen-bond acceptors (Lipinski definition) is 4. The summed E-state index contributed by atoms with van der Waals surface area (Å²) in [5.74, 6) is 2.78. The molecule has 0 saturated heterocycles. The van der Waals surface area contributed by atoms with Gasteiger partial charge in [0.1, 0.15) is 11.6 Å². The third kappa shape index (κ3) is 9.88. The molecule has 7 nitrogen and oxygen atoms in total. The zero-order valence-corrected chi connectivity index (χ0v) is 27.8. The number of aromatic amines is 1. The number of allylic oxidation sites excluding steroid dienone is 6. The van der Waals surface area contributed by atoms with Gasteiger partial charge in [-0.25, -0.2) is 4.98 Å². The fourth-order valence-corrected chi connectivity index (χ4v) is 5.51. The Morgan fingerprint density at radius 1 is 1.18 bits per heavy atom. The molecule has 45 heavy (non-hydrogen) atoms. The fraction of sp³-hybridized carbons (Fsp3) is 0.395. The minimum atomic E-state index is -0.0705. The molecule has 3 heterocycles. The maximum atomic E-state index is 5.97. The van der Waals surface area contributed by atoms with Crippen LogP contribution in [0.2, 0.25) is 0 Å². The Morgan fingerprint density at radius 2 is 2.00 bits per heavy atom. The van der Waals surface area contributed by atoms with Gasteiger partial charge in [-0.05, 0) is 69.9 Å². The highest BCUT2D eigenvalue weighted by molar-refractivity contribution is 5.40. The summed E-state index contributed by atoms with van der Waals surface area (Å²) in [5, 5.41) is 11.3. The summed E-state index contributed by atoms with van der Waals surface area (Å²) < 4.78 is 4.25. The van der Waals surface area contributed by atoms with E-state index >= 15 is 0 Å². The maximum Gasteiger partial charge on any atom is 0.137 e. The molecule has 1 aromatic carbocycles. The van der Waals surface area contributed by atoms with Gasteiger partial charge in [0.2, 0.25) is 0 Å². The van der Waals surface area contributed by atoms with Crippen molar-refractivity contribution in [3.05, 3.63) is 124 Å². The second-order valence-corrected chi connectivity index (χ2v) is 12.1. The van der Waals surface area contributed by atoms with E-state index in [0.29, 0.717) is 0 Å². The largest absolute Gasteiger partial charge is 0.361 e. The van der Waals surface area contributed by atoms with Gasteiger partial charge < -0.3 is 19.9 Å². The topological polar surface area (TPSA) is 90.3 Å². The molecule has 1 aliphatic rings. The van der Waals surface area contributed by atoms with E-state index in [-0.39, 0.29) is 6.17 Å². The van der Waals surface area contributed by atoms with Crippen molar-refractivity contribution in [1.82, 2.24) is 29.3 Å². The standard InChI is InChI=1S/C29H37N7.C9H14/c1-5-6-12-27-22(3)31-18-25(27)13-14-28-33-34-29(17-24-10-7-9-21(2)16-24)36(28)15-8-11-26-19-35(20-32-26)23(4)30;1-3-9-6-4-8(2)5-7-9/h5-7,9-10,12,16,18-20,23,31H,3,8,11,13-15,17,30H2,1-2,4H3;4,6-8H,3,5H2,1-2H3/b6-5-,27-12+;. The zero-order valence-electron chi connectivity index (χ0n) is 27.8. The number of nitrogens with one attached hydrogen (secondary N) is 1. The molecule has 3 N–H and O–H groups in total. The predicted molar refractivity (Wildman–Crippen MR) is 187 cm³/mol. The van der Waals surface area contributed by atoms with Crippen LogP contribution in [0.3, 0.4) is 0 Å². The summed E-state index contributed by atoms with van der Waals surface area (Å²) in [7, 11) is 0. The second-order valence-electron chi connectivity index (χ2n) is 12.1. The number of aryl methyl sites for hydroxylation is 4. The zero-order chi connectivity index (χ0) is 32.2. The van der Waals surface area contributed by atoms with Crippen molar-refractivity contribution in [1.29, 1.82) is 0 Å². The summed E-state index contributed by atoms with van der Waals surface area (Å²) in [6.45, 7) is 15.5. The van der Waals surface area contributed by atoms with Gasteiger partial charge in [-0.3, -0.25) is 0 Å². The van der Waals surface area contributed by atoms with Crippen LogP contribution in [0.25, 0.3) is 12.7 Å². The number of imidazole rings is 1. The molecule has 0 amide bonds. The van der Waals surface area contributed by atoms with Crippen LogP contribution >= 0.6 is 0 Å². The van der Waals surface area contributed by atoms with Crippen LogP contribution in [0.4, 0.5) is 0 Å². The summed E-state index contributed by atoms with van der Waals surface area (Å²) >= 11 is 0. The quantitative estimate of drug-likeness (QED) is 0.199. The van der Waals surface area contributed by atoms with Gasteiger partial charge in [0.15, 0.2) is 0 Å². The summed E-state index contributed by atoms with van der Waals surface area (Å²) in [6, 6.07) is 8.60. The van der Waals surface area contributed by atoms with E-state index in [2.05, 4.69) is 113 Å². The molecule has 2 unspecified atom stereocenters. The van der Waals surface area contributed by atoms with Crippen molar-refractivity contribution < 1.29 is 0 Å². The summed E-state index contributed by atoms with van der Waals surface area (Å²) in [4.78, 5) is 7.78. The van der Waals surface area contributed by atoms with Crippen LogP contribution in [0.15, 0.2) is 78.9 Å². The Labute approximate surface area is 269 Å². The molecule has 0 aliphatic heterocycles. The number of hydrogen-bond donors (Lipinski definition) is 2. The molecule has 5 rings (SSSR count). The maximum absolute atomic E-state index is 5.97. The van der Waals surface area contributed by atoms with Gasteiger partial charge in [-0.15, -0.1) is 10.2 Å². The van der Waals surface area contributed by atoms with E-state index in [1.54, 1.807) is 0 Å². The normalized spacial score (nSPS) is 15.7. The van der Waals surface area contributed by atoms with E-state index in [4.69, 9.17) is 5.73 Å². The molecule has 0 bridgehead atoms. The number of rotatable bonds is 12. The molecule has 1 aliphatic carbocycles. The van der Waals surface area contributed by atoms with E-state index in [1.165, 1.54) is 35.1 Å². The molecule has 7 heteroatoms. The average Bonchev–Trinajstić information content (AvgIpc) is 3.75. The SMILES string of the molecule is C=c1[nH]cc(CCc2nnc(Cc3cccc(C)c3)n2CCCc2cn(C(C)N)cn2)/c1=C/C=C\C.CCC1=CCC(C)C=C1. The van der Waals surface area contributed by atoms with E-state index in [9.17, 15) is 0 Å². The predicted octanol–water partition coefficient (Wildman–Crippen LogP) is 6.28. The monoisotopic (exact) mass is 605 g/mol. The first kappa shape index (κ1) is 33.7. The number of H-pyrrole nitrogens is 1. The molecule has 0 saturated carbocycles. The Bertz CT molecular complexity index is 1710. The van der Waals surface area contributed by atoms with E-state index in [1.807, 2.05) is 37.0 Å². The van der Waals surface area contributed by atoms with Gasteiger partial charge in [0.25, 0.3) is 0 Å². The Morgan fingerprint density at radius 3 is 2.69 bits per heavy atom. The van der Waals surface area contributed by atoms with Crippen LogP contribution in [-0.4, -0.2) is 29.3 Å². The Balaban J connectivity index is 0.000000440. The first-order valence-electron chi connectivity index (χ1n) is 16.4. The van der Waals surface area contributed by atoms with Crippen LogP contribution < -0.4 is 16.3 Å². The molecular weight excluding hydrogens is 554 g/mol. The molecule has 2 atom stereocenters. The summed E-state index contributed by atoms with van der Waals surface area (Å²) in [5.41, 5.74) is 12.3. The van der Waals surface area contributed by atoms with E-state index < -0.39 is 0 Å². The highest BCUT2D eigenvalue weighted by Gasteiger charge is 2.14. The minimum absolute atomic E-state index is 0.0705. The van der Waals surface area contributed by atoms with Gasteiger partial charge in [-0.2, -0.15) is 0 Å². The molecule has 0 fully saturated rings. The third-order valence-electron chi connectivity index (χ3n) is 8.25. The van der Waals surface area contributed by atoms with Crippen molar-refractivity contribution in [3.63, 3.8) is 0 Å². The van der Waals surface area contributed by atoms with Crippen LogP contribution in [-0.2, 0) is 32.2 Å². The van der Waals surface area contributed by atoms with Crippen LogP contribution in [0, 0.1) is 12.8 Å². The van der Waals surface area contributed by atoms with Crippen molar-refractivity contribution in [3.8, 4) is 0 Å². The molecule has 4 aromatic rings. The summed E-state index contributed by atoms with van der Waals surface area (Å²) in [6.07, 6.45) is 25.6. The Kier molecular flexibility index (Phi) is 12.5. The number of benzene rings is 1. The minimum Gasteiger partial charge on any atom is -0.361 e. The molecule has 0 radical (unpaired) electrons. The lowest BCUT2D eigenvalue weighted by molar-refractivity contribution is 0.568. The molecule has 3 aromatic heterocycles. The van der Waals surface area contributed by atoms with E-state index in [0.717, 1.165) is 72.5 Å². The molecular formula is C38H51N7. The highest BCUT2D eigenvalue weighted by Crippen LogP contribution is 2.17. The lowest BCUT2D eigenvalue weighted by atomic mass is 9.97. The van der Waals surface area contributed by atoms with Gasteiger partial charge in [0.05, 0.1) is 18.2 Å². The van der Waals surface area contributed by atoms with Crippen LogP contribution in [0.1, 0.15) is 87.2 Å².